The normalized spacial score (nSPS) is 19.9. The number of hydrogen-bond donors (Lipinski definition) is 0. The van der Waals surface area contributed by atoms with E-state index in [4.69, 9.17) is 24.7 Å². The Labute approximate surface area is 386 Å². The summed E-state index contributed by atoms with van der Waals surface area (Å²) < 4.78 is 295. The lowest BCUT2D eigenvalue weighted by atomic mass is 9.99. The summed E-state index contributed by atoms with van der Waals surface area (Å²) in [4.78, 5) is 0. The number of para-hydroxylation sites is 3. The number of nitrogens with zero attached hydrogens (tertiary/aromatic N) is 2. The van der Waals surface area contributed by atoms with Crippen molar-refractivity contribution < 1.29 is 43.9 Å². The van der Waals surface area contributed by atoms with E-state index in [-0.39, 0.29) is 35.0 Å². The summed E-state index contributed by atoms with van der Waals surface area (Å²) in [6.07, 6.45) is 0. The number of benzene rings is 9. The second kappa shape index (κ2) is 12.3. The molecular weight excluding hydrogens is 741 g/mol. The first-order chi connectivity index (χ1) is 42.1. The molecule has 0 aliphatic rings. The zero-order valence-electron chi connectivity index (χ0n) is 60.7. The van der Waals surface area contributed by atoms with Gasteiger partial charge in [-0.25, -0.2) is 0 Å². The highest BCUT2D eigenvalue weighted by molar-refractivity contribution is 7.26. The van der Waals surface area contributed by atoms with Crippen molar-refractivity contribution >= 4 is 107 Å². The minimum absolute atomic E-state index is 0.0976. The molecule has 0 fully saturated rings. The Bertz CT molecular complexity index is 5670. The van der Waals surface area contributed by atoms with Gasteiger partial charge in [-0.2, -0.15) is 0 Å². The lowest BCUT2D eigenvalue weighted by molar-refractivity contribution is 1.18. The van der Waals surface area contributed by atoms with Crippen molar-refractivity contribution in [3.8, 4) is 33.6 Å². The maximum atomic E-state index is 10.3. The maximum Gasteiger partial charge on any atom is 0.0652 e. The van der Waals surface area contributed by atoms with E-state index >= 15 is 0 Å². The molecule has 270 valence electrons. The van der Waals surface area contributed by atoms with Gasteiger partial charge in [-0.3, -0.25) is 0 Å². The molecule has 0 unspecified atom stereocenters. The molecule has 58 heavy (non-hydrogen) atoms. The predicted octanol–water partition coefficient (Wildman–Crippen LogP) is 16.0. The highest BCUT2D eigenvalue weighted by Gasteiger charge is 2.19. The van der Waals surface area contributed by atoms with Crippen molar-refractivity contribution in [1.82, 2.24) is 9.13 Å². The monoisotopic (exact) mass is 804 g/mol. The molecule has 4 aromatic heterocycles. The van der Waals surface area contributed by atoms with Gasteiger partial charge < -0.3 is 9.13 Å². The topological polar surface area (TPSA) is 9.86 Å². The standard InChI is InChI=1S/C54H32N2S2/c1-2-12-36(13-3-1)55-47-18-8-4-14-38(47)43-28-33(22-25-49(43)55)34-23-26-50-44(29-34)39-15-5-9-19-48(39)56(50)37-31-42(54-46(32-37)41-17-7-11-21-52(41)58-54)35-24-27-53-45(30-35)40-16-6-10-20-51(40)57-53/h1-32H/i1D,2D,3D,4D,5D,6D,7D,8D,9D,10D,11D,12D,13D,14D,15D,16D,17D,18D,19D,20D,21D,22D,23D,24D,25D,26D,27D,28D,29D,30D,31D,32D. The minimum Gasteiger partial charge on any atom is -0.309 e. The Kier molecular flexibility index (Phi) is 2.99. The Balaban J connectivity index is 1.24. The van der Waals surface area contributed by atoms with Crippen LogP contribution in [-0.4, -0.2) is 9.13 Å². The molecule has 0 spiro atoms. The molecule has 13 aromatic rings. The van der Waals surface area contributed by atoms with Gasteiger partial charge in [0, 0.05) is 78.8 Å². The van der Waals surface area contributed by atoms with Gasteiger partial charge in [0.05, 0.1) is 65.9 Å². The zero-order valence-corrected chi connectivity index (χ0v) is 30.3. The number of aromatic nitrogens is 2. The van der Waals surface area contributed by atoms with E-state index in [9.17, 15) is 19.2 Å². The van der Waals surface area contributed by atoms with Crippen molar-refractivity contribution in [2.75, 3.05) is 0 Å². The minimum atomic E-state index is -1.10. The molecule has 0 saturated heterocycles. The smallest absolute Gasteiger partial charge is 0.0652 e. The Morgan fingerprint density at radius 2 is 0.793 bits per heavy atom. The highest BCUT2D eigenvalue weighted by atomic mass is 32.1. The number of rotatable bonds is 4. The second-order valence-electron chi connectivity index (χ2n) is 12.8. The maximum absolute atomic E-state index is 10.3. The van der Waals surface area contributed by atoms with Crippen LogP contribution in [0.15, 0.2) is 193 Å². The van der Waals surface area contributed by atoms with Gasteiger partial charge in [0.1, 0.15) is 0 Å². The van der Waals surface area contributed by atoms with Gasteiger partial charge in [0.25, 0.3) is 0 Å². The summed E-state index contributed by atoms with van der Waals surface area (Å²) in [5, 5.41) is -3.83. The van der Waals surface area contributed by atoms with Crippen molar-refractivity contribution in [2.45, 2.75) is 0 Å². The van der Waals surface area contributed by atoms with Crippen molar-refractivity contribution in [3.63, 3.8) is 0 Å². The molecule has 0 N–H and O–H groups in total. The largest absolute Gasteiger partial charge is 0.309 e. The van der Waals surface area contributed by atoms with Crippen LogP contribution in [0.4, 0.5) is 0 Å². The lowest BCUT2D eigenvalue weighted by Crippen LogP contribution is -1.95. The molecule has 0 saturated carbocycles. The summed E-state index contributed by atoms with van der Waals surface area (Å²) in [7, 11) is 0. The van der Waals surface area contributed by atoms with Crippen LogP contribution in [0, 0.1) is 0 Å². The van der Waals surface area contributed by atoms with Crippen molar-refractivity contribution in [1.29, 1.82) is 0 Å². The molecule has 0 bridgehead atoms. The molecular formula is C54H32N2S2. The van der Waals surface area contributed by atoms with Gasteiger partial charge in [-0.15, -0.1) is 22.7 Å². The summed E-state index contributed by atoms with van der Waals surface area (Å²) in [5.74, 6) is 0. The van der Waals surface area contributed by atoms with Gasteiger partial charge in [0.15, 0.2) is 0 Å². The molecule has 9 aromatic carbocycles. The fraction of sp³-hybridized carbons (Fsp3) is 0. The fourth-order valence-corrected chi connectivity index (χ4v) is 9.23. The third kappa shape index (κ3) is 4.64. The first-order valence-electron chi connectivity index (χ1n) is 33.2. The van der Waals surface area contributed by atoms with Crippen LogP contribution in [0.3, 0.4) is 0 Å². The first kappa shape index (κ1) is 14.1. The van der Waals surface area contributed by atoms with E-state index in [2.05, 4.69) is 0 Å². The average molecular weight is 805 g/mol. The molecule has 0 amide bonds. The van der Waals surface area contributed by atoms with Gasteiger partial charge in [-0.05, 0) is 101 Å². The van der Waals surface area contributed by atoms with E-state index in [1.165, 1.54) is 0 Å². The van der Waals surface area contributed by atoms with Crippen LogP contribution in [0.2, 0.25) is 0 Å². The summed E-state index contributed by atoms with van der Waals surface area (Å²) >= 11 is 1.29. The molecule has 2 nitrogen and oxygen atoms in total. The van der Waals surface area contributed by atoms with Gasteiger partial charge in [0.2, 0.25) is 0 Å². The van der Waals surface area contributed by atoms with E-state index < -0.39 is 276 Å². The third-order valence-electron chi connectivity index (χ3n) is 9.68. The number of thiophene rings is 2. The molecule has 13 rings (SSSR count). The average Bonchev–Trinajstić information content (AvgIpc) is 1.51. The van der Waals surface area contributed by atoms with Crippen LogP contribution < -0.4 is 0 Å². The van der Waals surface area contributed by atoms with Crippen LogP contribution >= 0.6 is 22.7 Å². The zero-order chi connectivity index (χ0) is 65.7. The quantitative estimate of drug-likeness (QED) is 0.168. The van der Waals surface area contributed by atoms with Crippen LogP contribution in [0.1, 0.15) is 43.9 Å². The Morgan fingerprint density at radius 3 is 1.47 bits per heavy atom. The SMILES string of the molecule is [2H]c1c([2H])c([2H])c(-n2c3c([2H])c([2H])c([2H])c([2H])c3c3c([2H])c(-c4c([2H])c([2H])c5c(c4[2H])c4c([2H])c([2H])c([2H])c([2H])c4n5-c4c([2H])c(-c5c([2H])c([2H])c6sc7c([2H])c([2H])c([2H])c([2H])c7c6c5[2H])c5sc6c([2H])c([2H])c([2H])c([2H])c6c5c4[2H])c([2H])c([2H])c32)c([2H])c1[2H]. The predicted molar refractivity (Wildman–Crippen MR) is 252 cm³/mol. The number of fused-ring (bicyclic) bond motifs is 12. The van der Waals surface area contributed by atoms with Gasteiger partial charge >= 0.3 is 0 Å². The highest BCUT2D eigenvalue weighted by Crippen LogP contribution is 2.45. The fourth-order valence-electron chi connectivity index (χ4n) is 7.24. The summed E-state index contributed by atoms with van der Waals surface area (Å²) in [5.41, 5.74) is -7.16. The van der Waals surface area contributed by atoms with Crippen LogP contribution in [0.5, 0.6) is 0 Å². The summed E-state index contributed by atoms with van der Waals surface area (Å²) in [6.45, 7) is 0. The van der Waals surface area contributed by atoms with Crippen molar-refractivity contribution in [3.05, 3.63) is 193 Å². The van der Waals surface area contributed by atoms with Gasteiger partial charge in [-0.1, -0.05) is 109 Å². The Morgan fingerprint density at radius 1 is 0.310 bits per heavy atom. The van der Waals surface area contributed by atoms with Crippen LogP contribution in [-0.2, 0) is 0 Å². The van der Waals surface area contributed by atoms with E-state index in [0.717, 1.165) is 9.13 Å². The van der Waals surface area contributed by atoms with Crippen LogP contribution in [0.25, 0.3) is 118 Å². The number of hydrogen-bond acceptors (Lipinski definition) is 2. The molecule has 0 aliphatic carbocycles. The lowest BCUT2D eigenvalue weighted by Gasteiger charge is -2.13. The molecule has 4 heterocycles. The van der Waals surface area contributed by atoms with Crippen molar-refractivity contribution in [2.24, 2.45) is 0 Å². The summed E-state index contributed by atoms with van der Waals surface area (Å²) in [6, 6.07) is -27.5. The van der Waals surface area contributed by atoms with E-state index in [0.29, 0.717) is 22.7 Å². The molecule has 0 atom stereocenters. The Hall–Kier alpha value is -6.98. The third-order valence-corrected chi connectivity index (χ3v) is 11.8. The molecule has 4 heteroatoms. The van der Waals surface area contributed by atoms with E-state index in [1.807, 2.05) is 0 Å². The molecule has 0 radical (unpaired) electrons. The molecule has 0 aliphatic heterocycles. The first-order valence-corrected chi connectivity index (χ1v) is 18.8. The van der Waals surface area contributed by atoms with E-state index in [1.54, 1.807) is 0 Å². The second-order valence-corrected chi connectivity index (χ2v) is 14.8.